The van der Waals surface area contributed by atoms with E-state index in [0.717, 1.165) is 16.8 Å². The maximum absolute atomic E-state index is 13.7. The molecule has 0 bridgehead atoms. The van der Waals surface area contributed by atoms with Crippen LogP contribution in [0.2, 0.25) is 0 Å². The molecule has 0 aliphatic carbocycles. The van der Waals surface area contributed by atoms with Crippen molar-refractivity contribution in [3.8, 4) is 0 Å². The summed E-state index contributed by atoms with van der Waals surface area (Å²) in [6, 6.07) is 18.7. The van der Waals surface area contributed by atoms with Gasteiger partial charge in [0.15, 0.2) is 5.82 Å². The van der Waals surface area contributed by atoms with Gasteiger partial charge in [0.1, 0.15) is 11.6 Å². The van der Waals surface area contributed by atoms with Crippen LogP contribution in [0.1, 0.15) is 23.0 Å². The minimum absolute atomic E-state index is 0.0572. The molecule has 2 heterocycles. The van der Waals surface area contributed by atoms with Crippen molar-refractivity contribution in [1.82, 2.24) is 25.1 Å². The highest BCUT2D eigenvalue weighted by Gasteiger charge is 2.31. The van der Waals surface area contributed by atoms with E-state index in [4.69, 9.17) is 0 Å². The van der Waals surface area contributed by atoms with E-state index >= 15 is 0 Å². The monoisotopic (exact) mass is 491 g/mol. The molecule has 36 heavy (non-hydrogen) atoms. The second-order valence-corrected chi connectivity index (χ2v) is 8.57. The van der Waals surface area contributed by atoms with Crippen molar-refractivity contribution in [3.05, 3.63) is 111 Å². The lowest BCUT2D eigenvalue weighted by Gasteiger charge is -2.39. The van der Waals surface area contributed by atoms with E-state index in [-0.39, 0.29) is 23.4 Å². The molecule has 0 amide bonds. The van der Waals surface area contributed by atoms with Gasteiger partial charge in [-0.15, -0.1) is 5.10 Å². The Hall–Kier alpha value is -4.25. The van der Waals surface area contributed by atoms with Gasteiger partial charge in [-0.05, 0) is 58.0 Å². The molecule has 11 heteroatoms. The summed E-state index contributed by atoms with van der Waals surface area (Å²) in [5.41, 5.74) is 2.68. The lowest BCUT2D eigenvalue weighted by Crippen LogP contribution is -2.48. The van der Waals surface area contributed by atoms with Gasteiger partial charge in [0, 0.05) is 44.0 Å². The lowest BCUT2D eigenvalue weighted by atomic mass is 10.0. The molecule has 1 fully saturated rings. The minimum Gasteiger partial charge on any atom is -0.369 e. The number of benzene rings is 3. The first-order valence-electron chi connectivity index (χ1n) is 11.5. The standard InChI is InChI=1S/C25H23F2N7O2/c26-20-5-1-18(2-6-20)17-33-25(28-29-30-33)24(19-3-7-21(27)8-4-19)32-15-13-31(14-16-32)22-9-11-23(12-10-22)34(35)36/h1-12,24H,13-17H2. The van der Waals surface area contributed by atoms with Crippen LogP contribution >= 0.6 is 0 Å². The van der Waals surface area contributed by atoms with Gasteiger partial charge < -0.3 is 4.90 Å². The molecular weight excluding hydrogens is 468 g/mol. The zero-order valence-electron chi connectivity index (χ0n) is 19.2. The second kappa shape index (κ2) is 10.2. The Labute approximate surface area is 205 Å². The van der Waals surface area contributed by atoms with Crippen molar-refractivity contribution in [2.24, 2.45) is 0 Å². The van der Waals surface area contributed by atoms with E-state index < -0.39 is 4.92 Å². The number of non-ortho nitro benzene ring substituents is 1. The van der Waals surface area contributed by atoms with E-state index in [0.29, 0.717) is 38.5 Å². The number of hydrogen-bond acceptors (Lipinski definition) is 7. The molecule has 1 aliphatic heterocycles. The summed E-state index contributed by atoms with van der Waals surface area (Å²) in [7, 11) is 0. The number of nitro groups is 1. The first kappa shape index (κ1) is 23.5. The predicted molar refractivity (Wildman–Crippen MR) is 128 cm³/mol. The molecule has 0 radical (unpaired) electrons. The van der Waals surface area contributed by atoms with Gasteiger partial charge in [-0.2, -0.15) is 0 Å². The molecule has 1 atom stereocenters. The molecule has 1 unspecified atom stereocenters. The van der Waals surface area contributed by atoms with Crippen molar-refractivity contribution < 1.29 is 13.7 Å². The molecule has 0 spiro atoms. The molecule has 1 saturated heterocycles. The van der Waals surface area contributed by atoms with Crippen molar-refractivity contribution in [1.29, 1.82) is 0 Å². The highest BCUT2D eigenvalue weighted by molar-refractivity contribution is 5.51. The van der Waals surface area contributed by atoms with E-state index in [1.165, 1.54) is 36.4 Å². The van der Waals surface area contributed by atoms with Crippen LogP contribution in [0.5, 0.6) is 0 Å². The van der Waals surface area contributed by atoms with E-state index in [2.05, 4.69) is 25.3 Å². The molecule has 9 nitrogen and oxygen atoms in total. The fourth-order valence-electron chi connectivity index (χ4n) is 4.47. The number of anilines is 1. The Morgan fingerprint density at radius 1 is 0.861 bits per heavy atom. The highest BCUT2D eigenvalue weighted by atomic mass is 19.1. The topological polar surface area (TPSA) is 93.2 Å². The normalized spacial score (nSPS) is 15.1. The van der Waals surface area contributed by atoms with Crippen molar-refractivity contribution in [2.45, 2.75) is 12.6 Å². The SMILES string of the molecule is O=[N+]([O-])c1ccc(N2CCN(C(c3ccc(F)cc3)c3nnnn3Cc3ccc(F)cc3)CC2)cc1. The van der Waals surface area contributed by atoms with Crippen LogP contribution in [0, 0.1) is 21.7 Å². The quantitative estimate of drug-likeness (QED) is 0.287. The maximum Gasteiger partial charge on any atom is 0.269 e. The molecule has 3 aromatic carbocycles. The Kier molecular flexibility index (Phi) is 6.63. The van der Waals surface area contributed by atoms with Crippen LogP contribution < -0.4 is 4.90 Å². The average molecular weight is 492 g/mol. The van der Waals surface area contributed by atoms with Gasteiger partial charge in [-0.3, -0.25) is 15.0 Å². The Bertz CT molecular complexity index is 1320. The summed E-state index contributed by atoms with van der Waals surface area (Å²) < 4.78 is 28.8. The first-order chi connectivity index (χ1) is 17.5. The summed E-state index contributed by atoms with van der Waals surface area (Å²) in [6.07, 6.45) is 0. The molecule has 5 rings (SSSR count). The van der Waals surface area contributed by atoms with Crippen LogP contribution in [0.4, 0.5) is 20.2 Å². The third kappa shape index (κ3) is 5.05. The summed E-state index contributed by atoms with van der Waals surface area (Å²) in [5, 5.41) is 23.4. The Morgan fingerprint density at radius 3 is 2.08 bits per heavy atom. The number of nitrogens with zero attached hydrogens (tertiary/aromatic N) is 7. The number of nitro benzene ring substituents is 1. The van der Waals surface area contributed by atoms with Crippen LogP contribution in [0.25, 0.3) is 0 Å². The van der Waals surface area contributed by atoms with Gasteiger partial charge in [0.25, 0.3) is 5.69 Å². The number of hydrogen-bond donors (Lipinski definition) is 0. The zero-order valence-corrected chi connectivity index (χ0v) is 19.2. The zero-order chi connectivity index (χ0) is 25.1. The maximum atomic E-state index is 13.7. The van der Waals surface area contributed by atoms with Crippen molar-refractivity contribution in [2.75, 3.05) is 31.1 Å². The average Bonchev–Trinajstić information content (AvgIpc) is 3.34. The smallest absolute Gasteiger partial charge is 0.269 e. The summed E-state index contributed by atoms with van der Waals surface area (Å²) in [4.78, 5) is 15.0. The number of tetrazole rings is 1. The fraction of sp³-hybridized carbons (Fsp3) is 0.240. The Morgan fingerprint density at radius 2 is 1.47 bits per heavy atom. The third-order valence-electron chi connectivity index (χ3n) is 6.34. The lowest BCUT2D eigenvalue weighted by molar-refractivity contribution is -0.384. The van der Waals surface area contributed by atoms with Gasteiger partial charge >= 0.3 is 0 Å². The molecule has 1 aliphatic rings. The van der Waals surface area contributed by atoms with Crippen LogP contribution in [0.15, 0.2) is 72.8 Å². The second-order valence-electron chi connectivity index (χ2n) is 8.57. The van der Waals surface area contributed by atoms with Crippen molar-refractivity contribution >= 4 is 11.4 Å². The predicted octanol–water partition coefficient (Wildman–Crippen LogP) is 3.82. The first-order valence-corrected chi connectivity index (χ1v) is 11.5. The molecule has 1 aromatic heterocycles. The van der Waals surface area contributed by atoms with E-state index in [9.17, 15) is 18.9 Å². The summed E-state index contributed by atoms with van der Waals surface area (Å²) in [6.45, 7) is 3.08. The molecular formula is C25H23F2N7O2. The van der Waals surface area contributed by atoms with Crippen molar-refractivity contribution in [3.63, 3.8) is 0 Å². The summed E-state index contributed by atoms with van der Waals surface area (Å²) in [5.74, 6) is -0.0353. The third-order valence-corrected chi connectivity index (χ3v) is 6.34. The number of halogens is 2. The van der Waals surface area contributed by atoms with Gasteiger partial charge in [-0.1, -0.05) is 24.3 Å². The van der Waals surface area contributed by atoms with Gasteiger partial charge in [-0.25, -0.2) is 13.5 Å². The van der Waals surface area contributed by atoms with E-state index in [1.54, 1.807) is 41.1 Å². The molecule has 184 valence electrons. The number of piperazine rings is 1. The minimum atomic E-state index is -0.412. The molecule has 4 aromatic rings. The van der Waals surface area contributed by atoms with Gasteiger partial charge in [0.2, 0.25) is 0 Å². The van der Waals surface area contributed by atoms with Crippen LogP contribution in [-0.2, 0) is 6.54 Å². The molecule has 0 saturated carbocycles. The number of rotatable bonds is 7. The Balaban J connectivity index is 1.39. The van der Waals surface area contributed by atoms with Gasteiger partial charge in [0.05, 0.1) is 17.5 Å². The van der Waals surface area contributed by atoms with E-state index in [1.807, 2.05) is 0 Å². The largest absolute Gasteiger partial charge is 0.369 e. The van der Waals surface area contributed by atoms with Crippen LogP contribution in [0.3, 0.4) is 0 Å². The van der Waals surface area contributed by atoms with Crippen LogP contribution in [-0.4, -0.2) is 56.2 Å². The summed E-state index contributed by atoms with van der Waals surface area (Å²) >= 11 is 0. The fourth-order valence-corrected chi connectivity index (χ4v) is 4.47. The molecule has 0 N–H and O–H groups in total. The highest BCUT2D eigenvalue weighted by Crippen LogP contribution is 2.30. The number of aromatic nitrogens is 4.